The predicted molar refractivity (Wildman–Crippen MR) is 104 cm³/mol. The van der Waals surface area contributed by atoms with E-state index < -0.39 is 17.3 Å². The van der Waals surface area contributed by atoms with Crippen LogP contribution in [0.15, 0.2) is 35.8 Å². The number of rotatable bonds is 4. The number of aromatic nitrogens is 2. The normalized spacial score (nSPS) is 16.8. The molecule has 5 nitrogen and oxygen atoms in total. The molecule has 0 bridgehead atoms. The molecule has 1 aliphatic rings. The van der Waals surface area contributed by atoms with Crippen molar-refractivity contribution in [3.05, 3.63) is 47.1 Å². The monoisotopic (exact) mass is 423 g/mol. The van der Waals surface area contributed by atoms with Crippen molar-refractivity contribution in [3.8, 4) is 11.3 Å². The lowest BCUT2D eigenvalue weighted by atomic mass is 9.85. The van der Waals surface area contributed by atoms with E-state index in [1.165, 1.54) is 23.5 Å². The average Bonchev–Trinajstić information content (AvgIpc) is 3.27. The van der Waals surface area contributed by atoms with Crippen LogP contribution in [0.3, 0.4) is 0 Å². The number of amides is 1. The molecular formula is C20H20F3N3O2S. The number of imidazole rings is 1. The molecule has 2 N–H and O–H groups in total. The van der Waals surface area contributed by atoms with Crippen LogP contribution in [0.25, 0.3) is 16.2 Å². The van der Waals surface area contributed by atoms with Crippen LogP contribution < -0.4 is 5.32 Å². The van der Waals surface area contributed by atoms with Crippen LogP contribution in [0.4, 0.5) is 13.2 Å². The van der Waals surface area contributed by atoms with Gasteiger partial charge in [-0.3, -0.25) is 9.20 Å². The molecule has 1 aromatic carbocycles. The summed E-state index contributed by atoms with van der Waals surface area (Å²) in [5, 5.41) is 15.0. The van der Waals surface area contributed by atoms with Crippen LogP contribution in [0.5, 0.6) is 0 Å². The summed E-state index contributed by atoms with van der Waals surface area (Å²) < 4.78 is 39.8. The van der Waals surface area contributed by atoms with Crippen molar-refractivity contribution in [2.75, 3.05) is 6.54 Å². The van der Waals surface area contributed by atoms with Gasteiger partial charge in [0.2, 0.25) is 0 Å². The molecule has 2 aromatic heterocycles. The zero-order chi connectivity index (χ0) is 20.6. The van der Waals surface area contributed by atoms with Crippen LogP contribution in [-0.4, -0.2) is 32.5 Å². The molecule has 1 fully saturated rings. The summed E-state index contributed by atoms with van der Waals surface area (Å²) in [6.07, 6.45) is 1.60. The summed E-state index contributed by atoms with van der Waals surface area (Å²) in [6.45, 7) is 0.198. The molecule has 1 aliphatic carbocycles. The highest BCUT2D eigenvalue weighted by Gasteiger charge is 2.31. The van der Waals surface area contributed by atoms with Crippen LogP contribution >= 0.6 is 11.3 Å². The molecule has 154 valence electrons. The molecule has 29 heavy (non-hydrogen) atoms. The molecule has 2 heterocycles. The number of thiazole rings is 1. The van der Waals surface area contributed by atoms with E-state index in [9.17, 15) is 23.1 Å². The van der Waals surface area contributed by atoms with Gasteiger partial charge in [-0.25, -0.2) is 4.98 Å². The minimum absolute atomic E-state index is 0.198. The minimum Gasteiger partial charge on any atom is -0.388 e. The summed E-state index contributed by atoms with van der Waals surface area (Å²) in [6, 6.07) is 4.77. The third kappa shape index (κ3) is 4.16. The second-order valence-corrected chi connectivity index (χ2v) is 8.28. The molecule has 1 amide bonds. The lowest BCUT2D eigenvalue weighted by molar-refractivity contribution is -0.137. The second kappa shape index (κ2) is 7.46. The van der Waals surface area contributed by atoms with Gasteiger partial charge in [-0.05, 0) is 25.0 Å². The SMILES string of the molecule is O=C(NCC1(O)CCCCC1)c1csc2nc(-c3ccc(C(F)(F)F)cc3)cn12. The van der Waals surface area contributed by atoms with Gasteiger partial charge >= 0.3 is 6.18 Å². The highest BCUT2D eigenvalue weighted by Crippen LogP contribution is 2.31. The van der Waals surface area contributed by atoms with Crippen molar-refractivity contribution in [2.24, 2.45) is 0 Å². The van der Waals surface area contributed by atoms with Crippen LogP contribution in [0.2, 0.25) is 0 Å². The van der Waals surface area contributed by atoms with E-state index in [1.807, 2.05) is 0 Å². The average molecular weight is 423 g/mol. The van der Waals surface area contributed by atoms with Gasteiger partial charge in [0.15, 0.2) is 4.96 Å². The Morgan fingerprint density at radius 1 is 1.21 bits per heavy atom. The Morgan fingerprint density at radius 3 is 2.55 bits per heavy atom. The smallest absolute Gasteiger partial charge is 0.388 e. The predicted octanol–water partition coefficient (Wildman–Crippen LogP) is 4.51. The van der Waals surface area contributed by atoms with Crippen LogP contribution in [0, 0.1) is 0 Å². The van der Waals surface area contributed by atoms with Crippen molar-refractivity contribution in [1.29, 1.82) is 0 Å². The number of hydrogen-bond acceptors (Lipinski definition) is 4. The number of hydrogen-bond donors (Lipinski definition) is 2. The van der Waals surface area contributed by atoms with E-state index in [0.717, 1.165) is 31.4 Å². The molecule has 0 aliphatic heterocycles. The number of alkyl halides is 3. The van der Waals surface area contributed by atoms with E-state index in [2.05, 4.69) is 10.3 Å². The zero-order valence-corrected chi connectivity index (χ0v) is 16.3. The van der Waals surface area contributed by atoms with Gasteiger partial charge in [0, 0.05) is 23.7 Å². The van der Waals surface area contributed by atoms with E-state index in [1.54, 1.807) is 16.0 Å². The molecule has 0 spiro atoms. The van der Waals surface area contributed by atoms with Crippen molar-refractivity contribution < 1.29 is 23.1 Å². The van der Waals surface area contributed by atoms with Gasteiger partial charge in [-0.2, -0.15) is 13.2 Å². The number of aliphatic hydroxyl groups is 1. The molecule has 0 unspecified atom stereocenters. The summed E-state index contributed by atoms with van der Waals surface area (Å²) in [4.78, 5) is 17.6. The third-order valence-corrected chi connectivity index (χ3v) is 6.15. The number of benzene rings is 1. The van der Waals surface area contributed by atoms with E-state index >= 15 is 0 Å². The molecular weight excluding hydrogens is 403 g/mol. The van der Waals surface area contributed by atoms with Crippen LogP contribution in [-0.2, 0) is 6.18 Å². The van der Waals surface area contributed by atoms with E-state index in [0.29, 0.717) is 34.8 Å². The molecule has 1 saturated carbocycles. The zero-order valence-electron chi connectivity index (χ0n) is 15.5. The number of fused-ring (bicyclic) bond motifs is 1. The molecule has 3 aromatic rings. The molecule has 0 saturated heterocycles. The second-order valence-electron chi connectivity index (χ2n) is 7.44. The van der Waals surface area contributed by atoms with Gasteiger partial charge in [-0.1, -0.05) is 31.4 Å². The summed E-state index contributed by atoms with van der Waals surface area (Å²) in [5.41, 5.74) is -0.163. The Kier molecular flexibility index (Phi) is 5.12. The highest BCUT2D eigenvalue weighted by molar-refractivity contribution is 7.15. The maximum atomic E-state index is 12.7. The van der Waals surface area contributed by atoms with Crippen molar-refractivity contribution in [1.82, 2.24) is 14.7 Å². The third-order valence-electron chi connectivity index (χ3n) is 5.31. The first-order chi connectivity index (χ1) is 13.8. The Bertz CT molecular complexity index is 1020. The topological polar surface area (TPSA) is 66.6 Å². The first kappa shape index (κ1) is 19.9. The van der Waals surface area contributed by atoms with Crippen molar-refractivity contribution in [2.45, 2.75) is 43.9 Å². The summed E-state index contributed by atoms with van der Waals surface area (Å²) in [7, 11) is 0. The summed E-state index contributed by atoms with van der Waals surface area (Å²) >= 11 is 1.27. The minimum atomic E-state index is -4.39. The lowest BCUT2D eigenvalue weighted by Crippen LogP contribution is -2.44. The Labute approximate surface area is 169 Å². The van der Waals surface area contributed by atoms with Crippen molar-refractivity contribution >= 4 is 22.2 Å². The number of halogens is 3. The Hall–Kier alpha value is -2.39. The maximum Gasteiger partial charge on any atom is 0.416 e. The molecule has 9 heteroatoms. The fourth-order valence-corrected chi connectivity index (χ4v) is 4.49. The quantitative estimate of drug-likeness (QED) is 0.649. The maximum absolute atomic E-state index is 12.7. The fraction of sp³-hybridized carbons (Fsp3) is 0.400. The summed E-state index contributed by atoms with van der Waals surface area (Å²) in [5.74, 6) is -0.313. The standard InChI is InChI=1S/C20H20F3N3O2S/c21-20(22,23)14-6-4-13(5-7-14)15-10-26-16(11-29-18(26)25-15)17(27)24-12-19(28)8-2-1-3-9-19/h4-7,10-11,28H,1-3,8-9,12H2,(H,24,27). The number of carbonyl (C=O) groups is 1. The van der Waals surface area contributed by atoms with Gasteiger partial charge in [0.1, 0.15) is 5.69 Å². The number of carbonyl (C=O) groups excluding carboxylic acids is 1. The number of nitrogens with zero attached hydrogens (tertiary/aromatic N) is 2. The molecule has 0 atom stereocenters. The lowest BCUT2D eigenvalue weighted by Gasteiger charge is -2.32. The Morgan fingerprint density at radius 2 is 1.90 bits per heavy atom. The van der Waals surface area contributed by atoms with E-state index in [4.69, 9.17) is 0 Å². The largest absolute Gasteiger partial charge is 0.416 e. The molecule has 4 rings (SSSR count). The van der Waals surface area contributed by atoms with Gasteiger partial charge in [0.25, 0.3) is 5.91 Å². The first-order valence-corrected chi connectivity index (χ1v) is 10.3. The highest BCUT2D eigenvalue weighted by atomic mass is 32.1. The van der Waals surface area contributed by atoms with Gasteiger partial charge in [0.05, 0.1) is 16.9 Å². The van der Waals surface area contributed by atoms with Gasteiger partial charge < -0.3 is 10.4 Å². The van der Waals surface area contributed by atoms with Crippen LogP contribution in [0.1, 0.15) is 48.2 Å². The first-order valence-electron chi connectivity index (χ1n) is 9.40. The number of nitrogens with one attached hydrogen (secondary N) is 1. The van der Waals surface area contributed by atoms with E-state index in [-0.39, 0.29) is 12.5 Å². The van der Waals surface area contributed by atoms with Crippen molar-refractivity contribution in [3.63, 3.8) is 0 Å². The fourth-order valence-electron chi connectivity index (χ4n) is 3.64. The molecule has 0 radical (unpaired) electrons. The van der Waals surface area contributed by atoms with Gasteiger partial charge in [-0.15, -0.1) is 11.3 Å². The Balaban J connectivity index is 1.52.